The topological polar surface area (TPSA) is 55.2 Å². The average molecular weight is 302 g/mol. The van der Waals surface area contributed by atoms with Gasteiger partial charge in [-0.25, -0.2) is 0 Å². The first-order chi connectivity index (χ1) is 10.1. The number of rotatable bonds is 6. The van der Waals surface area contributed by atoms with Gasteiger partial charge >= 0.3 is 0 Å². The molecule has 0 fully saturated rings. The summed E-state index contributed by atoms with van der Waals surface area (Å²) in [5.74, 6) is 0. The van der Waals surface area contributed by atoms with E-state index in [-0.39, 0.29) is 16.7 Å². The zero-order valence-electron chi connectivity index (χ0n) is 12.1. The minimum Gasteiger partial charge on any atom is -0.310 e. The van der Waals surface area contributed by atoms with E-state index in [2.05, 4.69) is 31.3 Å². The standard InChI is InChI=1S/C16H18N2O2S/c1-3-17-12(2)15-6-4-5-7-16(15)21-14-10-8-13(9-11-14)18(19)20/h4-12,17H,3H2,1-2H3. The van der Waals surface area contributed by atoms with Crippen LogP contribution in [-0.2, 0) is 0 Å². The molecule has 1 atom stereocenters. The van der Waals surface area contributed by atoms with E-state index in [1.165, 1.54) is 10.5 Å². The van der Waals surface area contributed by atoms with Crippen LogP contribution in [0.25, 0.3) is 0 Å². The molecule has 0 aromatic heterocycles. The quantitative estimate of drug-likeness (QED) is 0.634. The van der Waals surface area contributed by atoms with Gasteiger partial charge in [-0.15, -0.1) is 0 Å². The molecule has 0 aliphatic carbocycles. The Morgan fingerprint density at radius 3 is 2.48 bits per heavy atom. The molecule has 0 aliphatic heterocycles. The van der Waals surface area contributed by atoms with Crippen molar-refractivity contribution in [3.05, 3.63) is 64.2 Å². The molecule has 0 bridgehead atoms. The lowest BCUT2D eigenvalue weighted by Gasteiger charge is -2.16. The first kappa shape index (κ1) is 15.5. The Labute approximate surface area is 128 Å². The third-order valence-electron chi connectivity index (χ3n) is 3.17. The molecule has 110 valence electrons. The van der Waals surface area contributed by atoms with E-state index in [1.54, 1.807) is 36.0 Å². The maximum absolute atomic E-state index is 10.7. The lowest BCUT2D eigenvalue weighted by atomic mass is 10.1. The first-order valence-corrected chi connectivity index (χ1v) is 7.68. The van der Waals surface area contributed by atoms with Crippen molar-refractivity contribution in [3.63, 3.8) is 0 Å². The van der Waals surface area contributed by atoms with Crippen LogP contribution in [0, 0.1) is 10.1 Å². The van der Waals surface area contributed by atoms with Crippen LogP contribution in [0.4, 0.5) is 5.69 Å². The maximum atomic E-state index is 10.7. The lowest BCUT2D eigenvalue weighted by Crippen LogP contribution is -2.18. The molecule has 0 saturated heterocycles. The van der Waals surface area contributed by atoms with Gasteiger partial charge < -0.3 is 5.32 Å². The molecule has 0 radical (unpaired) electrons. The van der Waals surface area contributed by atoms with Crippen LogP contribution < -0.4 is 5.32 Å². The number of hydrogen-bond donors (Lipinski definition) is 1. The first-order valence-electron chi connectivity index (χ1n) is 6.86. The predicted molar refractivity (Wildman–Crippen MR) is 85.8 cm³/mol. The van der Waals surface area contributed by atoms with Gasteiger partial charge in [0.05, 0.1) is 4.92 Å². The van der Waals surface area contributed by atoms with Gasteiger partial charge in [0.15, 0.2) is 0 Å². The second kappa shape index (κ2) is 7.24. The summed E-state index contributed by atoms with van der Waals surface area (Å²) >= 11 is 1.63. The zero-order valence-corrected chi connectivity index (χ0v) is 12.9. The van der Waals surface area contributed by atoms with Gasteiger partial charge in [0, 0.05) is 28.0 Å². The van der Waals surface area contributed by atoms with Crippen molar-refractivity contribution in [1.29, 1.82) is 0 Å². The van der Waals surface area contributed by atoms with Gasteiger partial charge in [-0.3, -0.25) is 10.1 Å². The molecule has 0 amide bonds. The normalized spacial score (nSPS) is 12.1. The second-order valence-corrected chi connectivity index (χ2v) is 5.79. The van der Waals surface area contributed by atoms with Gasteiger partial charge in [-0.1, -0.05) is 36.9 Å². The van der Waals surface area contributed by atoms with Gasteiger partial charge in [0.25, 0.3) is 5.69 Å². The highest BCUT2D eigenvalue weighted by Crippen LogP contribution is 2.33. The van der Waals surface area contributed by atoms with Crippen LogP contribution >= 0.6 is 11.8 Å². The van der Waals surface area contributed by atoms with E-state index in [1.807, 2.05) is 12.1 Å². The van der Waals surface area contributed by atoms with E-state index in [0.717, 1.165) is 11.4 Å². The third-order valence-corrected chi connectivity index (χ3v) is 4.27. The van der Waals surface area contributed by atoms with E-state index in [0.29, 0.717) is 0 Å². The summed E-state index contributed by atoms with van der Waals surface area (Å²) in [7, 11) is 0. The van der Waals surface area contributed by atoms with E-state index < -0.39 is 0 Å². The third kappa shape index (κ3) is 4.06. The number of hydrogen-bond acceptors (Lipinski definition) is 4. The summed E-state index contributed by atoms with van der Waals surface area (Å²) in [6.45, 7) is 5.14. The number of nitro groups is 1. The summed E-state index contributed by atoms with van der Waals surface area (Å²) in [5.41, 5.74) is 1.36. The number of nitro benzene ring substituents is 1. The summed E-state index contributed by atoms with van der Waals surface area (Å²) in [5, 5.41) is 14.1. The maximum Gasteiger partial charge on any atom is 0.269 e. The van der Waals surface area contributed by atoms with E-state index in [9.17, 15) is 10.1 Å². The van der Waals surface area contributed by atoms with Gasteiger partial charge in [-0.2, -0.15) is 0 Å². The molecule has 2 aromatic carbocycles. The van der Waals surface area contributed by atoms with Crippen LogP contribution in [0.2, 0.25) is 0 Å². The van der Waals surface area contributed by atoms with Crippen LogP contribution in [0.15, 0.2) is 58.3 Å². The molecular weight excluding hydrogens is 284 g/mol. The summed E-state index contributed by atoms with van der Waals surface area (Å²) < 4.78 is 0. The molecule has 0 aliphatic rings. The lowest BCUT2D eigenvalue weighted by molar-refractivity contribution is -0.384. The molecule has 0 saturated carbocycles. The molecule has 1 unspecified atom stereocenters. The van der Waals surface area contributed by atoms with Gasteiger partial charge in [0.1, 0.15) is 0 Å². The summed E-state index contributed by atoms with van der Waals surface area (Å²) in [4.78, 5) is 12.5. The number of nitrogens with zero attached hydrogens (tertiary/aromatic N) is 1. The predicted octanol–water partition coefficient (Wildman–Crippen LogP) is 4.42. The largest absolute Gasteiger partial charge is 0.310 e. The van der Waals surface area contributed by atoms with Gasteiger partial charge in [-0.05, 0) is 37.2 Å². The van der Waals surface area contributed by atoms with Crippen LogP contribution in [0.3, 0.4) is 0 Å². The monoisotopic (exact) mass is 302 g/mol. The Bertz CT molecular complexity index is 614. The van der Waals surface area contributed by atoms with Crippen LogP contribution in [0.5, 0.6) is 0 Å². The highest BCUT2D eigenvalue weighted by atomic mass is 32.2. The Morgan fingerprint density at radius 1 is 1.19 bits per heavy atom. The fourth-order valence-electron chi connectivity index (χ4n) is 2.11. The van der Waals surface area contributed by atoms with Crippen molar-refractivity contribution in [2.24, 2.45) is 0 Å². The Morgan fingerprint density at radius 2 is 1.86 bits per heavy atom. The molecule has 0 spiro atoms. The van der Waals surface area contributed by atoms with Crippen molar-refractivity contribution in [1.82, 2.24) is 5.32 Å². The summed E-state index contributed by atoms with van der Waals surface area (Å²) in [6, 6.07) is 15.2. The van der Waals surface area contributed by atoms with Crippen molar-refractivity contribution >= 4 is 17.4 Å². The number of nitrogens with one attached hydrogen (secondary N) is 1. The Hall–Kier alpha value is -1.85. The van der Waals surface area contributed by atoms with Gasteiger partial charge in [0.2, 0.25) is 0 Å². The SMILES string of the molecule is CCNC(C)c1ccccc1Sc1ccc([N+](=O)[O-])cc1. The fraction of sp³-hybridized carbons (Fsp3) is 0.250. The Kier molecular flexibility index (Phi) is 5.36. The molecule has 0 heterocycles. The fourth-order valence-corrected chi connectivity index (χ4v) is 3.15. The molecule has 1 N–H and O–H groups in total. The molecule has 4 nitrogen and oxygen atoms in total. The average Bonchev–Trinajstić information content (AvgIpc) is 2.48. The minimum absolute atomic E-state index is 0.119. The minimum atomic E-state index is -0.379. The van der Waals surface area contributed by atoms with Crippen LogP contribution in [0.1, 0.15) is 25.5 Å². The van der Waals surface area contributed by atoms with Crippen molar-refractivity contribution < 1.29 is 4.92 Å². The van der Waals surface area contributed by atoms with Crippen molar-refractivity contribution in [2.45, 2.75) is 29.7 Å². The highest BCUT2D eigenvalue weighted by molar-refractivity contribution is 7.99. The molecule has 2 rings (SSSR count). The van der Waals surface area contributed by atoms with Crippen LogP contribution in [-0.4, -0.2) is 11.5 Å². The summed E-state index contributed by atoms with van der Waals surface area (Å²) in [6.07, 6.45) is 0. The number of benzene rings is 2. The zero-order chi connectivity index (χ0) is 15.2. The molecule has 21 heavy (non-hydrogen) atoms. The van der Waals surface area contributed by atoms with E-state index >= 15 is 0 Å². The van der Waals surface area contributed by atoms with E-state index in [4.69, 9.17) is 0 Å². The van der Waals surface area contributed by atoms with Crippen molar-refractivity contribution in [3.8, 4) is 0 Å². The number of non-ortho nitro benzene ring substituents is 1. The molecular formula is C16H18N2O2S. The van der Waals surface area contributed by atoms with Crippen molar-refractivity contribution in [2.75, 3.05) is 6.54 Å². The second-order valence-electron chi connectivity index (χ2n) is 4.67. The highest BCUT2D eigenvalue weighted by Gasteiger charge is 2.11. The molecule has 2 aromatic rings. The Balaban J connectivity index is 2.21. The molecule has 5 heteroatoms. The smallest absolute Gasteiger partial charge is 0.269 e.